The number of primary amides is 1. The number of carbonyl (C=O) groups is 4. The molecule has 0 bridgehead atoms. The molecule has 2 amide bonds. The first kappa shape index (κ1) is 22.2. The molecular formula is C20H26N2O7. The zero-order chi connectivity index (χ0) is 21.8. The average molecular weight is 406 g/mol. The average Bonchev–Trinajstić information content (AvgIpc) is 2.94. The summed E-state index contributed by atoms with van der Waals surface area (Å²) < 4.78 is 15.1. The predicted octanol–water partition coefficient (Wildman–Crippen LogP) is 1.17. The number of amides is 2. The minimum absolute atomic E-state index is 0.0432. The van der Waals surface area contributed by atoms with Crippen LogP contribution in [0.2, 0.25) is 0 Å². The first-order valence-corrected chi connectivity index (χ1v) is 9.16. The van der Waals surface area contributed by atoms with E-state index in [2.05, 4.69) is 4.74 Å². The smallest absolute Gasteiger partial charge is 0.343 e. The summed E-state index contributed by atoms with van der Waals surface area (Å²) in [5, 5.41) is 0. The lowest BCUT2D eigenvalue weighted by Crippen LogP contribution is -2.45. The first-order chi connectivity index (χ1) is 13.5. The van der Waals surface area contributed by atoms with E-state index < -0.39 is 29.5 Å². The fourth-order valence-electron chi connectivity index (χ4n) is 2.96. The van der Waals surface area contributed by atoms with Crippen molar-refractivity contribution in [1.29, 1.82) is 0 Å². The number of hydrogen-bond acceptors (Lipinski definition) is 7. The number of nitrogens with two attached hydrogens (primary N) is 1. The van der Waals surface area contributed by atoms with E-state index >= 15 is 0 Å². The monoisotopic (exact) mass is 406 g/mol. The lowest BCUT2D eigenvalue weighted by molar-refractivity contribution is -0.155. The van der Waals surface area contributed by atoms with Crippen LogP contribution >= 0.6 is 0 Å². The van der Waals surface area contributed by atoms with Crippen molar-refractivity contribution in [3.05, 3.63) is 29.3 Å². The molecule has 1 unspecified atom stereocenters. The summed E-state index contributed by atoms with van der Waals surface area (Å²) in [7, 11) is 1.26. The van der Waals surface area contributed by atoms with Crippen LogP contribution in [0.4, 0.5) is 0 Å². The Hall–Kier alpha value is -3.10. The maximum atomic E-state index is 12.7. The Morgan fingerprint density at radius 1 is 1.21 bits per heavy atom. The molecule has 29 heavy (non-hydrogen) atoms. The normalized spacial score (nSPS) is 14.2. The second kappa shape index (κ2) is 8.93. The highest BCUT2D eigenvalue weighted by molar-refractivity contribution is 6.01. The number of methoxy groups -OCH3 is 1. The van der Waals surface area contributed by atoms with Gasteiger partial charge in [0.2, 0.25) is 5.91 Å². The molecule has 0 saturated heterocycles. The molecule has 1 aliphatic heterocycles. The third-order valence-corrected chi connectivity index (χ3v) is 4.24. The van der Waals surface area contributed by atoms with Crippen LogP contribution in [0.15, 0.2) is 18.2 Å². The van der Waals surface area contributed by atoms with Crippen molar-refractivity contribution in [3.8, 4) is 5.75 Å². The topological polar surface area (TPSA) is 125 Å². The molecule has 158 valence electrons. The lowest BCUT2D eigenvalue weighted by atomic mass is 10.1. The van der Waals surface area contributed by atoms with E-state index in [1.54, 1.807) is 39.0 Å². The van der Waals surface area contributed by atoms with Crippen molar-refractivity contribution in [2.24, 2.45) is 5.73 Å². The van der Waals surface area contributed by atoms with Gasteiger partial charge in [0, 0.05) is 18.5 Å². The lowest BCUT2D eigenvalue weighted by Gasteiger charge is -2.25. The van der Waals surface area contributed by atoms with Gasteiger partial charge in [0.05, 0.1) is 7.11 Å². The third-order valence-electron chi connectivity index (χ3n) is 4.24. The number of carbonyl (C=O) groups excluding carboxylic acids is 4. The highest BCUT2D eigenvalue weighted by Crippen LogP contribution is 2.29. The fourth-order valence-corrected chi connectivity index (χ4v) is 2.96. The van der Waals surface area contributed by atoms with Gasteiger partial charge in [-0.1, -0.05) is 0 Å². The van der Waals surface area contributed by atoms with E-state index in [-0.39, 0.29) is 31.9 Å². The Morgan fingerprint density at radius 2 is 1.90 bits per heavy atom. The largest absolute Gasteiger partial charge is 0.482 e. The van der Waals surface area contributed by atoms with E-state index in [0.717, 1.165) is 0 Å². The van der Waals surface area contributed by atoms with Gasteiger partial charge in [0.25, 0.3) is 5.91 Å². The molecule has 0 spiro atoms. The van der Waals surface area contributed by atoms with Gasteiger partial charge >= 0.3 is 11.9 Å². The van der Waals surface area contributed by atoms with Gasteiger partial charge in [-0.05, 0) is 51.0 Å². The van der Waals surface area contributed by atoms with Gasteiger partial charge in [0.1, 0.15) is 17.4 Å². The highest BCUT2D eigenvalue weighted by Gasteiger charge is 2.36. The number of benzene rings is 1. The quantitative estimate of drug-likeness (QED) is 0.642. The molecule has 2 N–H and O–H groups in total. The van der Waals surface area contributed by atoms with Gasteiger partial charge < -0.3 is 24.8 Å². The molecule has 1 aromatic rings. The summed E-state index contributed by atoms with van der Waals surface area (Å²) in [4.78, 5) is 49.2. The Kier molecular flexibility index (Phi) is 6.84. The van der Waals surface area contributed by atoms with Crippen LogP contribution in [0, 0.1) is 0 Å². The Bertz CT molecular complexity index is 814. The van der Waals surface area contributed by atoms with E-state index in [4.69, 9.17) is 15.2 Å². The van der Waals surface area contributed by atoms with Crippen LogP contribution in [0.25, 0.3) is 0 Å². The summed E-state index contributed by atoms with van der Waals surface area (Å²) in [5.74, 6) is -1.65. The predicted molar refractivity (Wildman–Crippen MR) is 102 cm³/mol. The minimum Gasteiger partial charge on any atom is -0.482 e. The Labute approximate surface area is 169 Å². The van der Waals surface area contributed by atoms with Gasteiger partial charge in [0.15, 0.2) is 6.61 Å². The summed E-state index contributed by atoms with van der Waals surface area (Å²) >= 11 is 0. The van der Waals surface area contributed by atoms with Gasteiger partial charge in [-0.3, -0.25) is 14.4 Å². The number of hydrogen-bond donors (Lipinski definition) is 1. The number of nitrogens with zero attached hydrogens (tertiary/aromatic N) is 1. The molecule has 0 radical (unpaired) electrons. The number of ether oxygens (including phenoxy) is 3. The maximum Gasteiger partial charge on any atom is 0.343 e. The summed E-state index contributed by atoms with van der Waals surface area (Å²) in [6.07, 6.45) is 0.0220. The highest BCUT2D eigenvalue weighted by atomic mass is 16.6. The molecule has 1 aromatic carbocycles. The van der Waals surface area contributed by atoms with Crippen LogP contribution in [-0.2, 0) is 30.4 Å². The second-order valence-electron chi connectivity index (χ2n) is 7.66. The molecule has 1 heterocycles. The molecular weight excluding hydrogens is 380 g/mol. The van der Waals surface area contributed by atoms with E-state index in [1.807, 2.05) is 0 Å². The van der Waals surface area contributed by atoms with E-state index in [1.165, 1.54) is 12.0 Å². The molecule has 9 nitrogen and oxygen atoms in total. The summed E-state index contributed by atoms with van der Waals surface area (Å²) in [6.45, 7) is 5.13. The third kappa shape index (κ3) is 5.94. The maximum absolute atomic E-state index is 12.7. The van der Waals surface area contributed by atoms with Crippen molar-refractivity contribution < 1.29 is 33.4 Å². The zero-order valence-corrected chi connectivity index (χ0v) is 17.0. The van der Waals surface area contributed by atoms with E-state index in [0.29, 0.717) is 16.9 Å². The minimum atomic E-state index is -0.943. The van der Waals surface area contributed by atoms with Crippen LogP contribution in [0.5, 0.6) is 5.75 Å². The molecule has 0 aliphatic carbocycles. The van der Waals surface area contributed by atoms with E-state index in [9.17, 15) is 19.2 Å². The zero-order valence-electron chi connectivity index (χ0n) is 17.0. The molecule has 1 atom stereocenters. The van der Waals surface area contributed by atoms with Crippen molar-refractivity contribution in [2.75, 3.05) is 13.7 Å². The van der Waals surface area contributed by atoms with Crippen LogP contribution < -0.4 is 10.5 Å². The Balaban J connectivity index is 2.07. The summed E-state index contributed by atoms with van der Waals surface area (Å²) in [5.41, 5.74) is 5.91. The summed E-state index contributed by atoms with van der Waals surface area (Å²) in [6, 6.07) is 3.81. The molecule has 1 aliphatic rings. The van der Waals surface area contributed by atoms with Crippen LogP contribution in [0.1, 0.15) is 49.5 Å². The van der Waals surface area contributed by atoms with Crippen molar-refractivity contribution in [2.45, 2.75) is 51.8 Å². The molecule has 2 rings (SSSR count). The Morgan fingerprint density at radius 3 is 2.48 bits per heavy atom. The SMILES string of the molecule is COC(=O)COc1ccc2c(c1)CN(C(CCC(=O)OC(C)(C)C)C(N)=O)C2=O. The van der Waals surface area contributed by atoms with Gasteiger partial charge in [-0.2, -0.15) is 0 Å². The second-order valence-corrected chi connectivity index (χ2v) is 7.66. The van der Waals surface area contributed by atoms with Gasteiger partial charge in [-0.15, -0.1) is 0 Å². The van der Waals surface area contributed by atoms with Crippen molar-refractivity contribution >= 4 is 23.8 Å². The van der Waals surface area contributed by atoms with Gasteiger partial charge in [-0.25, -0.2) is 4.79 Å². The molecule has 0 aromatic heterocycles. The molecule has 0 saturated carbocycles. The number of esters is 2. The van der Waals surface area contributed by atoms with Crippen LogP contribution in [-0.4, -0.2) is 54.0 Å². The number of fused-ring (bicyclic) bond motifs is 1. The fraction of sp³-hybridized carbons (Fsp3) is 0.500. The van der Waals surface area contributed by atoms with Crippen molar-refractivity contribution in [3.63, 3.8) is 0 Å². The molecule has 9 heteroatoms. The standard InChI is InChI=1S/C20H26N2O7/c1-20(2,3)29-16(23)8-7-15(18(21)25)22-10-12-9-13(28-11-17(24)27-4)5-6-14(12)19(22)26/h5-6,9,15H,7-8,10-11H2,1-4H3,(H2,21,25). The first-order valence-electron chi connectivity index (χ1n) is 9.16. The number of rotatable bonds is 8. The van der Waals surface area contributed by atoms with Crippen LogP contribution in [0.3, 0.4) is 0 Å². The molecule has 0 fully saturated rings. The van der Waals surface area contributed by atoms with Crippen molar-refractivity contribution in [1.82, 2.24) is 4.90 Å².